The second-order valence-electron chi connectivity index (χ2n) is 8.56. The van der Waals surface area contributed by atoms with E-state index >= 15 is 0 Å². The van der Waals surface area contributed by atoms with Gasteiger partial charge in [0.15, 0.2) is 0 Å². The van der Waals surface area contributed by atoms with Gasteiger partial charge in [0.1, 0.15) is 0 Å². The summed E-state index contributed by atoms with van der Waals surface area (Å²) in [6.07, 6.45) is 2.51. The molecule has 2 N–H and O–H groups in total. The molecule has 0 bridgehead atoms. The summed E-state index contributed by atoms with van der Waals surface area (Å²) in [4.78, 5) is 14.7. The van der Waals surface area contributed by atoms with Crippen LogP contribution in [0.3, 0.4) is 0 Å². The lowest BCUT2D eigenvalue weighted by atomic mass is 9.87. The monoisotopic (exact) mass is 359 g/mol. The molecule has 5 nitrogen and oxygen atoms in total. The standard InChI is InChI=1S/C21H33N3O2/c1-21(2,3)16-4-6-19(7-5-16)24-11-8-17(9-12-24)23-20(25)14-18-15-26-13-10-22-18/h4-7,17-18,22H,8-15H2,1-3H3,(H,23,25). The fraction of sp³-hybridized carbons (Fsp3) is 0.667. The number of morpholine rings is 1. The molecule has 144 valence electrons. The zero-order chi connectivity index (χ0) is 18.6. The van der Waals surface area contributed by atoms with Gasteiger partial charge < -0.3 is 20.3 Å². The van der Waals surface area contributed by atoms with Crippen molar-refractivity contribution in [2.75, 3.05) is 37.7 Å². The lowest BCUT2D eigenvalue weighted by Crippen LogP contribution is -2.48. The minimum absolute atomic E-state index is 0.140. The maximum absolute atomic E-state index is 12.2. The summed E-state index contributed by atoms with van der Waals surface area (Å²) in [6.45, 7) is 10.9. The fourth-order valence-corrected chi connectivity index (χ4v) is 3.72. The van der Waals surface area contributed by atoms with Gasteiger partial charge in [-0.25, -0.2) is 0 Å². The van der Waals surface area contributed by atoms with Crippen molar-refractivity contribution >= 4 is 11.6 Å². The van der Waals surface area contributed by atoms with Crippen molar-refractivity contribution in [2.45, 2.75) is 57.5 Å². The number of piperidine rings is 1. The van der Waals surface area contributed by atoms with Crippen molar-refractivity contribution in [1.29, 1.82) is 0 Å². The molecule has 3 rings (SSSR count). The van der Waals surface area contributed by atoms with Gasteiger partial charge in [-0.05, 0) is 36.0 Å². The molecule has 0 saturated carbocycles. The third-order valence-electron chi connectivity index (χ3n) is 5.39. The summed E-state index contributed by atoms with van der Waals surface area (Å²) < 4.78 is 5.42. The molecule has 0 aromatic heterocycles. The number of ether oxygens (including phenoxy) is 1. The van der Waals surface area contributed by atoms with Crippen LogP contribution in [0.15, 0.2) is 24.3 Å². The Bertz CT molecular complexity index is 580. The minimum atomic E-state index is 0.140. The SMILES string of the molecule is CC(C)(C)c1ccc(N2CCC(NC(=O)CC3COCCN3)CC2)cc1. The number of amides is 1. The summed E-state index contributed by atoms with van der Waals surface area (Å²) in [7, 11) is 0. The normalized spacial score (nSPS) is 22.3. The first kappa shape index (κ1) is 19.2. The number of carbonyl (C=O) groups is 1. The van der Waals surface area contributed by atoms with E-state index in [0.717, 1.165) is 39.1 Å². The third kappa shape index (κ3) is 5.21. The van der Waals surface area contributed by atoms with Gasteiger partial charge in [-0.2, -0.15) is 0 Å². The van der Waals surface area contributed by atoms with E-state index in [1.54, 1.807) is 0 Å². The van der Waals surface area contributed by atoms with Crippen molar-refractivity contribution < 1.29 is 9.53 Å². The van der Waals surface area contributed by atoms with Gasteiger partial charge in [0.05, 0.1) is 13.2 Å². The Morgan fingerprint density at radius 1 is 1.23 bits per heavy atom. The van der Waals surface area contributed by atoms with E-state index in [1.807, 2.05) is 0 Å². The lowest BCUT2D eigenvalue weighted by molar-refractivity contribution is -0.123. The summed E-state index contributed by atoms with van der Waals surface area (Å²) in [5.41, 5.74) is 2.84. The molecule has 0 spiro atoms. The van der Waals surface area contributed by atoms with Crippen molar-refractivity contribution in [3.8, 4) is 0 Å². The largest absolute Gasteiger partial charge is 0.378 e. The quantitative estimate of drug-likeness (QED) is 0.867. The maximum atomic E-state index is 12.2. The number of hydrogen-bond acceptors (Lipinski definition) is 4. The minimum Gasteiger partial charge on any atom is -0.378 e. The van der Waals surface area contributed by atoms with E-state index < -0.39 is 0 Å². The lowest BCUT2D eigenvalue weighted by Gasteiger charge is -2.34. The highest BCUT2D eigenvalue weighted by atomic mass is 16.5. The van der Waals surface area contributed by atoms with E-state index in [0.29, 0.717) is 13.0 Å². The molecule has 1 amide bonds. The van der Waals surface area contributed by atoms with Crippen LogP contribution in [-0.4, -0.2) is 50.8 Å². The number of anilines is 1. The molecule has 0 radical (unpaired) electrons. The first-order valence-corrected chi connectivity index (χ1v) is 9.88. The van der Waals surface area contributed by atoms with E-state index in [1.165, 1.54) is 11.3 Å². The van der Waals surface area contributed by atoms with Crippen LogP contribution in [0.5, 0.6) is 0 Å². The number of benzene rings is 1. The zero-order valence-corrected chi connectivity index (χ0v) is 16.4. The Hall–Kier alpha value is -1.59. The summed E-state index contributed by atoms with van der Waals surface area (Å²) in [6, 6.07) is 9.38. The molecular formula is C21H33N3O2. The highest BCUT2D eigenvalue weighted by Gasteiger charge is 2.23. The van der Waals surface area contributed by atoms with Gasteiger partial charge in [0, 0.05) is 43.8 Å². The second-order valence-corrected chi connectivity index (χ2v) is 8.56. The highest BCUT2D eigenvalue weighted by molar-refractivity contribution is 5.77. The van der Waals surface area contributed by atoms with Gasteiger partial charge >= 0.3 is 0 Å². The van der Waals surface area contributed by atoms with Gasteiger partial charge in [-0.3, -0.25) is 4.79 Å². The predicted molar refractivity (Wildman–Crippen MR) is 106 cm³/mol. The zero-order valence-electron chi connectivity index (χ0n) is 16.4. The third-order valence-corrected chi connectivity index (χ3v) is 5.39. The van der Waals surface area contributed by atoms with E-state index in [-0.39, 0.29) is 23.4 Å². The average Bonchev–Trinajstić information content (AvgIpc) is 2.62. The predicted octanol–water partition coefficient (Wildman–Crippen LogP) is 2.45. The average molecular weight is 360 g/mol. The van der Waals surface area contributed by atoms with Gasteiger partial charge in [-0.15, -0.1) is 0 Å². The summed E-state index contributed by atoms with van der Waals surface area (Å²) >= 11 is 0. The summed E-state index contributed by atoms with van der Waals surface area (Å²) in [5, 5.41) is 6.54. The van der Waals surface area contributed by atoms with Gasteiger partial charge in [0.2, 0.25) is 5.91 Å². The number of hydrogen-bond donors (Lipinski definition) is 2. The molecular weight excluding hydrogens is 326 g/mol. The number of nitrogens with zero attached hydrogens (tertiary/aromatic N) is 1. The molecule has 2 saturated heterocycles. The van der Waals surface area contributed by atoms with Crippen LogP contribution in [0.1, 0.15) is 45.6 Å². The first-order valence-electron chi connectivity index (χ1n) is 9.88. The van der Waals surface area contributed by atoms with Gasteiger partial charge in [-0.1, -0.05) is 32.9 Å². The Morgan fingerprint density at radius 2 is 1.92 bits per heavy atom. The van der Waals surface area contributed by atoms with Crippen molar-refractivity contribution in [1.82, 2.24) is 10.6 Å². The maximum Gasteiger partial charge on any atom is 0.221 e. The molecule has 1 aromatic rings. The van der Waals surface area contributed by atoms with Crippen LogP contribution in [0.2, 0.25) is 0 Å². The molecule has 1 unspecified atom stereocenters. The van der Waals surface area contributed by atoms with Gasteiger partial charge in [0.25, 0.3) is 0 Å². The van der Waals surface area contributed by atoms with Crippen LogP contribution in [0, 0.1) is 0 Å². The number of rotatable bonds is 4. The molecule has 5 heteroatoms. The smallest absolute Gasteiger partial charge is 0.221 e. The van der Waals surface area contributed by atoms with E-state index in [2.05, 4.69) is 60.6 Å². The molecule has 26 heavy (non-hydrogen) atoms. The molecule has 2 heterocycles. The molecule has 1 aromatic carbocycles. The Kier molecular flexibility index (Phi) is 6.20. The number of carbonyl (C=O) groups excluding carboxylic acids is 1. The van der Waals surface area contributed by atoms with E-state index in [9.17, 15) is 4.79 Å². The van der Waals surface area contributed by atoms with Crippen LogP contribution >= 0.6 is 0 Å². The second kappa shape index (κ2) is 8.40. The molecule has 2 aliphatic rings. The Morgan fingerprint density at radius 3 is 2.50 bits per heavy atom. The topological polar surface area (TPSA) is 53.6 Å². The number of nitrogens with one attached hydrogen (secondary N) is 2. The first-order chi connectivity index (χ1) is 12.4. The summed E-state index contributed by atoms with van der Waals surface area (Å²) in [5.74, 6) is 0.140. The van der Waals surface area contributed by atoms with E-state index in [4.69, 9.17) is 4.74 Å². The molecule has 0 aliphatic carbocycles. The fourth-order valence-electron chi connectivity index (χ4n) is 3.72. The van der Waals surface area contributed by atoms with Crippen LogP contribution in [-0.2, 0) is 14.9 Å². The van der Waals surface area contributed by atoms with Crippen molar-refractivity contribution in [2.24, 2.45) is 0 Å². The molecule has 1 atom stereocenters. The van der Waals surface area contributed by atoms with Crippen molar-refractivity contribution in [3.63, 3.8) is 0 Å². The highest BCUT2D eigenvalue weighted by Crippen LogP contribution is 2.26. The van der Waals surface area contributed by atoms with Crippen LogP contribution in [0.4, 0.5) is 5.69 Å². The van der Waals surface area contributed by atoms with Crippen LogP contribution in [0.25, 0.3) is 0 Å². The Labute approximate surface area is 157 Å². The van der Waals surface area contributed by atoms with Crippen LogP contribution < -0.4 is 15.5 Å². The molecule has 2 fully saturated rings. The Balaban J connectivity index is 1.44. The molecule has 2 aliphatic heterocycles. The van der Waals surface area contributed by atoms with Crippen molar-refractivity contribution in [3.05, 3.63) is 29.8 Å².